The number of phenols is 1. The van der Waals surface area contributed by atoms with Gasteiger partial charge in [-0.05, 0) is 23.8 Å². The van der Waals surface area contributed by atoms with Crippen LogP contribution in [0.1, 0.15) is 15.9 Å². The van der Waals surface area contributed by atoms with E-state index in [9.17, 15) is 30.1 Å². The number of nitro benzene ring substituents is 2. The lowest BCUT2D eigenvalue weighted by Crippen LogP contribution is -2.31. The molecule has 0 fully saturated rings. The standard InChI is InChI=1S/C20H15N3O6/c24-19-9-5-4-8-17(19)21(13-14-6-2-1-3-7-14)20(25)16-11-10-15(22(26)27)12-18(16)23(28)29/h1-12,24H,13H2. The first-order chi connectivity index (χ1) is 13.9. The summed E-state index contributed by atoms with van der Waals surface area (Å²) in [5, 5.41) is 32.6. The minimum Gasteiger partial charge on any atom is -0.506 e. The number of rotatable bonds is 6. The molecule has 9 nitrogen and oxygen atoms in total. The summed E-state index contributed by atoms with van der Waals surface area (Å²) in [6.07, 6.45) is 0. The van der Waals surface area contributed by atoms with Gasteiger partial charge in [-0.3, -0.25) is 25.0 Å². The summed E-state index contributed by atoms with van der Waals surface area (Å²) in [6, 6.07) is 17.8. The number of non-ortho nitro benzene ring substituents is 1. The van der Waals surface area contributed by atoms with E-state index in [2.05, 4.69) is 0 Å². The van der Waals surface area contributed by atoms with Crippen molar-refractivity contribution >= 4 is 23.0 Å². The Morgan fingerprint density at radius 1 is 0.897 bits per heavy atom. The number of aromatic hydroxyl groups is 1. The Bertz CT molecular complexity index is 1080. The van der Waals surface area contributed by atoms with E-state index in [1.807, 2.05) is 0 Å². The highest BCUT2D eigenvalue weighted by molar-refractivity contribution is 6.09. The summed E-state index contributed by atoms with van der Waals surface area (Å²) in [5.41, 5.74) is -0.606. The van der Waals surface area contributed by atoms with Crippen LogP contribution in [0.25, 0.3) is 0 Å². The second-order valence-electron chi connectivity index (χ2n) is 6.08. The molecule has 3 aromatic carbocycles. The molecular weight excluding hydrogens is 378 g/mol. The van der Waals surface area contributed by atoms with Crippen LogP contribution < -0.4 is 4.90 Å². The third-order valence-electron chi connectivity index (χ3n) is 4.22. The van der Waals surface area contributed by atoms with Gasteiger partial charge in [-0.2, -0.15) is 0 Å². The SMILES string of the molecule is O=C(c1ccc([N+](=O)[O-])cc1[N+](=O)[O-])N(Cc1ccccc1)c1ccccc1O. The summed E-state index contributed by atoms with van der Waals surface area (Å²) in [6.45, 7) is 0.0331. The lowest BCUT2D eigenvalue weighted by molar-refractivity contribution is -0.394. The summed E-state index contributed by atoms with van der Waals surface area (Å²) in [4.78, 5) is 35.2. The molecule has 0 saturated carbocycles. The third-order valence-corrected chi connectivity index (χ3v) is 4.22. The van der Waals surface area contributed by atoms with Crippen molar-refractivity contribution in [3.8, 4) is 5.75 Å². The fraction of sp³-hybridized carbons (Fsp3) is 0.0500. The Labute approximate surface area is 164 Å². The third kappa shape index (κ3) is 4.19. The highest BCUT2D eigenvalue weighted by Crippen LogP contribution is 2.32. The second-order valence-corrected chi connectivity index (χ2v) is 6.08. The van der Waals surface area contributed by atoms with Gasteiger partial charge in [-0.1, -0.05) is 42.5 Å². The summed E-state index contributed by atoms with van der Waals surface area (Å²) in [7, 11) is 0. The molecule has 0 aliphatic heterocycles. The molecule has 0 atom stereocenters. The first-order valence-electron chi connectivity index (χ1n) is 8.45. The average Bonchev–Trinajstić information content (AvgIpc) is 2.72. The average molecular weight is 393 g/mol. The number of nitrogens with zero attached hydrogens (tertiary/aromatic N) is 3. The highest BCUT2D eigenvalue weighted by atomic mass is 16.6. The molecule has 29 heavy (non-hydrogen) atoms. The van der Waals surface area contributed by atoms with Crippen molar-refractivity contribution in [2.75, 3.05) is 4.90 Å². The number of hydrogen-bond acceptors (Lipinski definition) is 6. The van der Waals surface area contributed by atoms with Crippen LogP contribution in [0, 0.1) is 20.2 Å². The fourth-order valence-corrected chi connectivity index (χ4v) is 2.84. The van der Waals surface area contributed by atoms with Crippen LogP contribution in [0.3, 0.4) is 0 Å². The number of hydrogen-bond donors (Lipinski definition) is 1. The van der Waals surface area contributed by atoms with E-state index in [0.29, 0.717) is 0 Å². The van der Waals surface area contributed by atoms with Gasteiger partial charge in [0.1, 0.15) is 11.3 Å². The van der Waals surface area contributed by atoms with Gasteiger partial charge in [0.2, 0.25) is 0 Å². The van der Waals surface area contributed by atoms with Crippen LogP contribution in [0.4, 0.5) is 17.1 Å². The van der Waals surface area contributed by atoms with E-state index in [0.717, 1.165) is 23.8 Å². The normalized spacial score (nSPS) is 10.3. The Balaban J connectivity index is 2.11. The number of benzene rings is 3. The van der Waals surface area contributed by atoms with E-state index in [1.165, 1.54) is 17.0 Å². The molecule has 1 N–H and O–H groups in total. The smallest absolute Gasteiger partial charge is 0.289 e. The van der Waals surface area contributed by atoms with Gasteiger partial charge in [0.05, 0.1) is 28.1 Å². The molecule has 0 unspecified atom stereocenters. The molecule has 0 aromatic heterocycles. The number of anilines is 1. The predicted molar refractivity (Wildman–Crippen MR) is 105 cm³/mol. The zero-order valence-corrected chi connectivity index (χ0v) is 15.0. The topological polar surface area (TPSA) is 127 Å². The van der Waals surface area contributed by atoms with Crippen LogP contribution in [0.15, 0.2) is 72.8 Å². The first kappa shape index (κ1) is 19.5. The number of para-hydroxylation sites is 2. The number of amides is 1. The Morgan fingerprint density at radius 3 is 2.17 bits per heavy atom. The molecule has 0 spiro atoms. The van der Waals surface area contributed by atoms with Crippen molar-refractivity contribution in [3.63, 3.8) is 0 Å². The van der Waals surface area contributed by atoms with Crippen molar-refractivity contribution in [1.82, 2.24) is 0 Å². The zero-order chi connectivity index (χ0) is 21.0. The molecule has 0 radical (unpaired) electrons. The van der Waals surface area contributed by atoms with Crippen molar-refractivity contribution < 1.29 is 19.7 Å². The molecule has 0 bridgehead atoms. The van der Waals surface area contributed by atoms with E-state index in [-0.39, 0.29) is 23.5 Å². The van der Waals surface area contributed by atoms with E-state index in [1.54, 1.807) is 42.5 Å². The summed E-state index contributed by atoms with van der Waals surface area (Å²) >= 11 is 0. The molecule has 0 heterocycles. The lowest BCUT2D eigenvalue weighted by Gasteiger charge is -2.24. The molecule has 3 rings (SSSR count). The maximum absolute atomic E-state index is 13.2. The largest absolute Gasteiger partial charge is 0.506 e. The Hall–Kier alpha value is -4.27. The van der Waals surface area contributed by atoms with Gasteiger partial charge in [0.15, 0.2) is 0 Å². The van der Waals surface area contributed by atoms with Crippen LogP contribution in [0.2, 0.25) is 0 Å². The maximum atomic E-state index is 13.2. The molecule has 0 aliphatic rings. The molecule has 0 aliphatic carbocycles. The molecular formula is C20H15N3O6. The van der Waals surface area contributed by atoms with E-state index in [4.69, 9.17) is 0 Å². The number of phenolic OH excluding ortho intramolecular Hbond substituents is 1. The van der Waals surface area contributed by atoms with E-state index < -0.39 is 27.1 Å². The Kier molecular flexibility index (Phi) is 5.49. The Morgan fingerprint density at radius 2 is 1.55 bits per heavy atom. The van der Waals surface area contributed by atoms with Crippen LogP contribution in [-0.2, 0) is 6.54 Å². The van der Waals surface area contributed by atoms with Crippen LogP contribution in [-0.4, -0.2) is 20.9 Å². The van der Waals surface area contributed by atoms with Gasteiger partial charge < -0.3 is 10.0 Å². The van der Waals surface area contributed by atoms with Crippen LogP contribution in [0.5, 0.6) is 5.75 Å². The first-order valence-corrected chi connectivity index (χ1v) is 8.45. The van der Waals surface area contributed by atoms with E-state index >= 15 is 0 Å². The second kappa shape index (κ2) is 8.17. The minimum absolute atomic E-state index is 0.0331. The van der Waals surface area contributed by atoms with Gasteiger partial charge in [0.25, 0.3) is 17.3 Å². The molecule has 9 heteroatoms. The lowest BCUT2D eigenvalue weighted by atomic mass is 10.1. The van der Waals surface area contributed by atoms with Gasteiger partial charge in [0, 0.05) is 6.07 Å². The number of carbonyl (C=O) groups is 1. The number of carbonyl (C=O) groups excluding carboxylic acids is 1. The summed E-state index contributed by atoms with van der Waals surface area (Å²) in [5.74, 6) is -0.946. The molecule has 3 aromatic rings. The monoisotopic (exact) mass is 393 g/mol. The van der Waals surface area contributed by atoms with Crippen molar-refractivity contribution in [2.45, 2.75) is 6.54 Å². The summed E-state index contributed by atoms with van der Waals surface area (Å²) < 4.78 is 0. The van der Waals surface area contributed by atoms with Crippen molar-refractivity contribution in [2.24, 2.45) is 0 Å². The number of nitro groups is 2. The predicted octanol–water partition coefficient (Wildman–Crippen LogP) is 4.06. The van der Waals surface area contributed by atoms with Gasteiger partial charge >= 0.3 is 0 Å². The van der Waals surface area contributed by atoms with Gasteiger partial charge in [-0.15, -0.1) is 0 Å². The molecule has 0 saturated heterocycles. The van der Waals surface area contributed by atoms with Crippen molar-refractivity contribution in [3.05, 3.63) is 104 Å². The van der Waals surface area contributed by atoms with Gasteiger partial charge in [-0.25, -0.2) is 0 Å². The fourth-order valence-electron chi connectivity index (χ4n) is 2.84. The minimum atomic E-state index is -0.841. The highest BCUT2D eigenvalue weighted by Gasteiger charge is 2.29. The maximum Gasteiger partial charge on any atom is 0.289 e. The van der Waals surface area contributed by atoms with Crippen molar-refractivity contribution in [1.29, 1.82) is 0 Å². The molecule has 1 amide bonds. The molecule has 146 valence electrons. The van der Waals surface area contributed by atoms with Crippen LogP contribution >= 0.6 is 0 Å². The zero-order valence-electron chi connectivity index (χ0n) is 15.0. The quantitative estimate of drug-likeness (QED) is 0.497.